The molecule has 0 radical (unpaired) electrons. The van der Waals surface area contributed by atoms with Crippen molar-refractivity contribution in [1.82, 2.24) is 0 Å². The van der Waals surface area contributed by atoms with Crippen LogP contribution in [0.3, 0.4) is 0 Å². The minimum atomic E-state index is 0.242. The number of Topliss-reactive ketones (excluding diaryl/α,β-unsaturated/α-hetero) is 1. The lowest BCUT2D eigenvalue weighted by Gasteiger charge is -2.33. The van der Waals surface area contributed by atoms with Gasteiger partial charge in [-0.1, -0.05) is 0 Å². The predicted molar refractivity (Wildman–Crippen MR) is 48.1 cm³/mol. The molecule has 0 aromatic heterocycles. The summed E-state index contributed by atoms with van der Waals surface area (Å²) in [6.45, 7) is 0. The van der Waals surface area contributed by atoms with Gasteiger partial charge in [0, 0.05) is 11.5 Å². The predicted octanol–water partition coefficient (Wildman–Crippen LogP) is 2.06. The lowest BCUT2D eigenvalue weighted by atomic mass is 9.69. The van der Waals surface area contributed by atoms with E-state index in [9.17, 15) is 4.79 Å². The van der Waals surface area contributed by atoms with Gasteiger partial charge in [0.25, 0.3) is 0 Å². The number of ketones is 1. The highest BCUT2D eigenvalue weighted by Gasteiger charge is 2.50. The van der Waals surface area contributed by atoms with Crippen molar-refractivity contribution in [2.24, 2.45) is 23.7 Å². The zero-order chi connectivity index (χ0) is 9.00. The Hall–Kier alpha value is -0.790. The molecular weight excluding hydrogens is 164 g/mol. The summed E-state index contributed by atoms with van der Waals surface area (Å²) in [7, 11) is 0. The summed E-state index contributed by atoms with van der Waals surface area (Å²) in [5.41, 5.74) is 0.737. The third kappa shape index (κ3) is 0.862. The number of rotatable bonds is 0. The average Bonchev–Trinajstić information content (AvgIpc) is 2.37. The van der Waals surface area contributed by atoms with Crippen molar-refractivity contribution in [3.8, 4) is 0 Å². The maximum atomic E-state index is 11.8. The molecule has 70 valence electrons. The van der Waals surface area contributed by atoms with Crippen molar-refractivity contribution >= 4 is 5.78 Å². The van der Waals surface area contributed by atoms with Gasteiger partial charge in [-0.15, -0.1) is 0 Å². The van der Waals surface area contributed by atoms with Crippen LogP contribution in [0.25, 0.3) is 0 Å². The summed E-state index contributed by atoms with van der Waals surface area (Å²) < 4.78 is 0. The molecule has 0 heterocycles. The highest BCUT2D eigenvalue weighted by atomic mass is 16.2. The van der Waals surface area contributed by atoms with Crippen molar-refractivity contribution in [3.63, 3.8) is 0 Å². The van der Waals surface area contributed by atoms with E-state index in [4.69, 9.17) is 5.11 Å². The number of carbonyl (C=O) groups is 1. The number of aliphatic hydroxyl groups is 1. The van der Waals surface area contributed by atoms with E-state index in [2.05, 4.69) is 0 Å². The number of carbonyl (C=O) groups excluding carboxylic acids is 1. The van der Waals surface area contributed by atoms with E-state index in [1.165, 1.54) is 6.42 Å². The molecule has 0 aliphatic heterocycles. The molecule has 4 unspecified atom stereocenters. The van der Waals surface area contributed by atoms with Gasteiger partial charge in [-0.2, -0.15) is 0 Å². The second-order valence-electron chi connectivity index (χ2n) is 4.82. The second kappa shape index (κ2) is 2.37. The smallest absolute Gasteiger partial charge is 0.165 e. The normalized spacial score (nSPS) is 50.5. The Labute approximate surface area is 77.6 Å². The fourth-order valence-corrected chi connectivity index (χ4v) is 3.73. The molecule has 3 fully saturated rings. The molecule has 0 saturated heterocycles. The number of hydrogen-bond acceptors (Lipinski definition) is 2. The Morgan fingerprint density at radius 1 is 1.23 bits per heavy atom. The first-order valence-corrected chi connectivity index (χ1v) is 5.18. The molecule has 0 aromatic rings. The Balaban J connectivity index is 2.06. The van der Waals surface area contributed by atoms with Crippen LogP contribution in [0.15, 0.2) is 11.8 Å². The number of allylic oxidation sites excluding steroid dienone is 1. The van der Waals surface area contributed by atoms with Gasteiger partial charge in [0.05, 0.1) is 6.26 Å². The molecule has 3 aliphatic rings. The second-order valence-corrected chi connectivity index (χ2v) is 4.82. The summed E-state index contributed by atoms with van der Waals surface area (Å²) >= 11 is 0. The molecule has 0 aromatic carbocycles. The summed E-state index contributed by atoms with van der Waals surface area (Å²) in [6, 6.07) is 0. The third-order valence-electron chi connectivity index (χ3n) is 4.19. The topological polar surface area (TPSA) is 37.3 Å². The van der Waals surface area contributed by atoms with Crippen LogP contribution in [0.2, 0.25) is 0 Å². The molecule has 4 atom stereocenters. The summed E-state index contributed by atoms with van der Waals surface area (Å²) in [6.07, 6.45) is 5.71. The molecule has 1 N–H and O–H groups in total. The van der Waals surface area contributed by atoms with Crippen molar-refractivity contribution in [2.45, 2.75) is 25.7 Å². The van der Waals surface area contributed by atoms with Crippen LogP contribution in [0.1, 0.15) is 25.7 Å². The Bertz CT molecular complexity index is 290. The van der Waals surface area contributed by atoms with Crippen molar-refractivity contribution in [1.29, 1.82) is 0 Å². The van der Waals surface area contributed by atoms with E-state index in [1.807, 2.05) is 0 Å². The van der Waals surface area contributed by atoms with Crippen LogP contribution in [0.4, 0.5) is 0 Å². The van der Waals surface area contributed by atoms with Crippen LogP contribution in [-0.2, 0) is 4.79 Å². The SMILES string of the molecule is O=C1/C(=C/O)C2CC3CC1CC2C3. The molecule has 13 heavy (non-hydrogen) atoms. The Morgan fingerprint density at radius 3 is 2.85 bits per heavy atom. The van der Waals surface area contributed by atoms with E-state index < -0.39 is 0 Å². The summed E-state index contributed by atoms with van der Waals surface area (Å²) in [5, 5.41) is 9.06. The first-order valence-electron chi connectivity index (χ1n) is 5.18. The third-order valence-corrected chi connectivity index (χ3v) is 4.19. The maximum Gasteiger partial charge on any atom is 0.165 e. The first-order chi connectivity index (χ1) is 6.29. The standard InChI is InChI=1S/C11H14O2/c12-5-10-9-3-6-1-7(9)4-8(2-6)11(10)13/h5-9,12H,1-4H2/b10-5+. The highest BCUT2D eigenvalue weighted by Crippen LogP contribution is 2.55. The van der Waals surface area contributed by atoms with E-state index in [1.54, 1.807) is 0 Å². The van der Waals surface area contributed by atoms with E-state index in [0.717, 1.165) is 37.0 Å². The van der Waals surface area contributed by atoms with E-state index >= 15 is 0 Å². The van der Waals surface area contributed by atoms with Gasteiger partial charge in [0.15, 0.2) is 5.78 Å². The quantitative estimate of drug-likeness (QED) is 0.455. The zero-order valence-corrected chi connectivity index (χ0v) is 7.57. The molecule has 2 nitrogen and oxygen atoms in total. The fraction of sp³-hybridized carbons (Fsp3) is 0.727. The molecule has 2 heteroatoms. The molecule has 0 amide bonds. The van der Waals surface area contributed by atoms with Gasteiger partial charge in [-0.25, -0.2) is 0 Å². The molecule has 3 rings (SSSR count). The van der Waals surface area contributed by atoms with Crippen molar-refractivity contribution < 1.29 is 9.90 Å². The van der Waals surface area contributed by atoms with Crippen molar-refractivity contribution in [2.75, 3.05) is 0 Å². The molecule has 3 saturated carbocycles. The maximum absolute atomic E-state index is 11.8. The summed E-state index contributed by atoms with van der Waals surface area (Å²) in [4.78, 5) is 11.8. The van der Waals surface area contributed by atoms with Gasteiger partial charge in [0.2, 0.25) is 0 Å². The average molecular weight is 178 g/mol. The largest absolute Gasteiger partial charge is 0.515 e. The molecule has 0 spiro atoms. The first kappa shape index (κ1) is 7.60. The lowest BCUT2D eigenvalue weighted by molar-refractivity contribution is -0.122. The van der Waals surface area contributed by atoms with Gasteiger partial charge < -0.3 is 5.11 Å². The minimum Gasteiger partial charge on any atom is -0.515 e. The Morgan fingerprint density at radius 2 is 2.08 bits per heavy atom. The minimum absolute atomic E-state index is 0.242. The molecular formula is C11H14O2. The van der Waals surface area contributed by atoms with Crippen molar-refractivity contribution in [3.05, 3.63) is 11.8 Å². The monoisotopic (exact) mass is 178 g/mol. The van der Waals surface area contributed by atoms with E-state index in [-0.39, 0.29) is 11.7 Å². The highest BCUT2D eigenvalue weighted by molar-refractivity contribution is 5.98. The van der Waals surface area contributed by atoms with Crippen LogP contribution >= 0.6 is 0 Å². The molecule has 3 bridgehead atoms. The molecule has 3 aliphatic carbocycles. The van der Waals surface area contributed by atoms with Gasteiger partial charge in [-0.3, -0.25) is 4.79 Å². The van der Waals surface area contributed by atoms with Gasteiger partial charge >= 0.3 is 0 Å². The number of fused-ring (bicyclic) bond motifs is 2. The number of aliphatic hydroxyl groups excluding tert-OH is 1. The van der Waals surface area contributed by atoms with Crippen LogP contribution in [0.5, 0.6) is 0 Å². The van der Waals surface area contributed by atoms with Gasteiger partial charge in [-0.05, 0) is 43.4 Å². The zero-order valence-electron chi connectivity index (χ0n) is 7.57. The summed E-state index contributed by atoms with van der Waals surface area (Å²) in [5.74, 6) is 2.38. The Kier molecular flexibility index (Phi) is 1.38. The van der Waals surface area contributed by atoms with Crippen LogP contribution in [-0.4, -0.2) is 10.9 Å². The lowest BCUT2D eigenvalue weighted by Crippen LogP contribution is -2.33. The fourth-order valence-electron chi connectivity index (χ4n) is 3.73. The van der Waals surface area contributed by atoms with Crippen LogP contribution in [0, 0.1) is 23.7 Å². The van der Waals surface area contributed by atoms with Crippen LogP contribution < -0.4 is 0 Å². The number of hydrogen-bond donors (Lipinski definition) is 1. The van der Waals surface area contributed by atoms with E-state index in [0.29, 0.717) is 11.8 Å². The van der Waals surface area contributed by atoms with Gasteiger partial charge in [0.1, 0.15) is 0 Å².